The minimum absolute atomic E-state index is 0.220. The third kappa shape index (κ3) is 2.69. The van der Waals surface area contributed by atoms with Crippen molar-refractivity contribution in [3.8, 4) is 0 Å². The van der Waals surface area contributed by atoms with E-state index in [-0.39, 0.29) is 5.82 Å². The number of halogens is 2. The van der Waals surface area contributed by atoms with Crippen LogP contribution in [0.3, 0.4) is 0 Å². The summed E-state index contributed by atoms with van der Waals surface area (Å²) in [6, 6.07) is 3.13. The predicted molar refractivity (Wildman–Crippen MR) is 70.7 cm³/mol. The second kappa shape index (κ2) is 5.65. The van der Waals surface area contributed by atoms with Crippen LogP contribution in [-0.4, -0.2) is 13.1 Å². The van der Waals surface area contributed by atoms with Crippen molar-refractivity contribution in [1.82, 2.24) is 5.32 Å². The Morgan fingerprint density at radius 3 is 2.94 bits per heavy atom. The van der Waals surface area contributed by atoms with E-state index in [2.05, 4.69) is 28.2 Å². The lowest BCUT2D eigenvalue weighted by Gasteiger charge is -2.02. The van der Waals surface area contributed by atoms with E-state index in [1.165, 1.54) is 6.07 Å². The van der Waals surface area contributed by atoms with Crippen molar-refractivity contribution in [2.45, 2.75) is 19.8 Å². The minimum Gasteiger partial charge on any atom is -0.463 e. The molecule has 1 N–H and O–H groups in total. The van der Waals surface area contributed by atoms with E-state index >= 15 is 0 Å². The van der Waals surface area contributed by atoms with Gasteiger partial charge in [0.1, 0.15) is 5.82 Å². The highest BCUT2D eigenvalue weighted by molar-refractivity contribution is 9.10. The Morgan fingerprint density at radius 1 is 1.35 bits per heavy atom. The summed E-state index contributed by atoms with van der Waals surface area (Å²) in [7, 11) is 0. The highest BCUT2D eigenvalue weighted by Gasteiger charge is 2.12. The van der Waals surface area contributed by atoms with Crippen molar-refractivity contribution < 1.29 is 8.81 Å². The molecular weight excluding hydrogens is 285 g/mol. The molecular formula is C13H15BrFNO. The number of furan rings is 1. The van der Waals surface area contributed by atoms with Crippen LogP contribution in [-0.2, 0) is 6.42 Å². The zero-order valence-electron chi connectivity index (χ0n) is 9.72. The third-order valence-electron chi connectivity index (χ3n) is 2.70. The van der Waals surface area contributed by atoms with Gasteiger partial charge in [-0.05, 0) is 54.0 Å². The number of benzene rings is 1. The maximum atomic E-state index is 13.7. The van der Waals surface area contributed by atoms with E-state index in [0.29, 0.717) is 11.0 Å². The van der Waals surface area contributed by atoms with Gasteiger partial charge in [-0.25, -0.2) is 4.39 Å². The smallest absolute Gasteiger partial charge is 0.151 e. The molecule has 0 unspecified atom stereocenters. The second-order valence-electron chi connectivity index (χ2n) is 3.99. The molecule has 17 heavy (non-hydrogen) atoms. The van der Waals surface area contributed by atoms with Gasteiger partial charge in [-0.15, -0.1) is 0 Å². The number of nitrogens with one attached hydrogen (secondary N) is 1. The van der Waals surface area contributed by atoms with Crippen molar-refractivity contribution in [2.75, 3.05) is 13.1 Å². The summed E-state index contributed by atoms with van der Waals surface area (Å²) >= 11 is 3.36. The van der Waals surface area contributed by atoms with E-state index in [0.717, 1.165) is 36.0 Å². The fourth-order valence-electron chi connectivity index (χ4n) is 1.85. The average molecular weight is 300 g/mol. The highest BCUT2D eigenvalue weighted by atomic mass is 79.9. The molecule has 2 nitrogen and oxygen atoms in total. The molecule has 0 aliphatic rings. The third-order valence-corrected chi connectivity index (χ3v) is 3.32. The molecule has 0 amide bonds. The first-order chi connectivity index (χ1) is 8.24. The van der Waals surface area contributed by atoms with Crippen LogP contribution in [0.1, 0.15) is 18.9 Å². The lowest BCUT2D eigenvalue weighted by Crippen LogP contribution is -2.17. The summed E-state index contributed by atoms with van der Waals surface area (Å²) in [5.74, 6) is -0.220. The molecule has 0 fully saturated rings. The monoisotopic (exact) mass is 299 g/mol. The van der Waals surface area contributed by atoms with Crippen LogP contribution in [0.4, 0.5) is 4.39 Å². The van der Waals surface area contributed by atoms with Gasteiger partial charge < -0.3 is 9.73 Å². The van der Waals surface area contributed by atoms with Crippen LogP contribution in [0.15, 0.2) is 27.3 Å². The maximum absolute atomic E-state index is 13.7. The summed E-state index contributed by atoms with van der Waals surface area (Å²) < 4.78 is 19.9. The zero-order valence-corrected chi connectivity index (χ0v) is 11.3. The first-order valence-electron chi connectivity index (χ1n) is 5.78. The number of hydrogen-bond acceptors (Lipinski definition) is 2. The van der Waals surface area contributed by atoms with Crippen molar-refractivity contribution in [3.05, 3.63) is 34.2 Å². The van der Waals surface area contributed by atoms with Crippen LogP contribution in [0.25, 0.3) is 11.0 Å². The van der Waals surface area contributed by atoms with Gasteiger partial charge >= 0.3 is 0 Å². The van der Waals surface area contributed by atoms with E-state index < -0.39 is 0 Å². The van der Waals surface area contributed by atoms with Gasteiger partial charge in [0, 0.05) is 5.56 Å². The van der Waals surface area contributed by atoms with Crippen molar-refractivity contribution in [2.24, 2.45) is 0 Å². The first-order valence-corrected chi connectivity index (χ1v) is 6.58. The molecule has 0 atom stereocenters. The molecule has 0 saturated heterocycles. The molecule has 2 rings (SSSR count). The Kier molecular flexibility index (Phi) is 4.18. The van der Waals surface area contributed by atoms with Crippen molar-refractivity contribution in [3.63, 3.8) is 0 Å². The van der Waals surface area contributed by atoms with E-state index in [1.54, 1.807) is 12.3 Å². The van der Waals surface area contributed by atoms with Gasteiger partial charge in [0.15, 0.2) is 5.58 Å². The molecule has 0 aliphatic carbocycles. The van der Waals surface area contributed by atoms with Gasteiger partial charge in [-0.2, -0.15) is 0 Å². The summed E-state index contributed by atoms with van der Waals surface area (Å²) in [6.45, 7) is 3.95. The molecule has 0 spiro atoms. The molecule has 1 aromatic heterocycles. The molecule has 92 valence electrons. The quantitative estimate of drug-likeness (QED) is 0.848. The Bertz CT molecular complexity index is 509. The Morgan fingerprint density at radius 2 is 2.18 bits per heavy atom. The highest BCUT2D eigenvalue weighted by Crippen LogP contribution is 2.30. The molecule has 1 heterocycles. The first kappa shape index (κ1) is 12.6. The largest absolute Gasteiger partial charge is 0.463 e. The average Bonchev–Trinajstić information content (AvgIpc) is 2.75. The molecule has 0 radical (unpaired) electrons. The lowest BCUT2D eigenvalue weighted by molar-refractivity contribution is 0.602. The summed E-state index contributed by atoms with van der Waals surface area (Å²) in [5, 5.41) is 3.89. The minimum atomic E-state index is -0.220. The molecule has 2 aromatic rings. The number of rotatable bonds is 5. The molecule has 4 heteroatoms. The summed E-state index contributed by atoms with van der Waals surface area (Å²) in [4.78, 5) is 0. The Balaban J connectivity index is 2.20. The second-order valence-corrected chi connectivity index (χ2v) is 4.85. The van der Waals surface area contributed by atoms with Gasteiger partial charge in [0.05, 0.1) is 16.1 Å². The standard InChI is InChI=1S/C13H15BrFNO/c1-2-6-16-7-5-9-8-17-13-10(14)3-4-11(15)12(9)13/h3-4,8,16H,2,5-7H2,1H3. The fourth-order valence-corrected chi connectivity index (χ4v) is 2.27. The van der Waals surface area contributed by atoms with Crippen LogP contribution < -0.4 is 5.32 Å². The van der Waals surface area contributed by atoms with Gasteiger partial charge in [-0.1, -0.05) is 6.92 Å². The van der Waals surface area contributed by atoms with Crippen molar-refractivity contribution >= 4 is 26.9 Å². The van der Waals surface area contributed by atoms with Crippen LogP contribution in [0.5, 0.6) is 0 Å². The number of hydrogen-bond donors (Lipinski definition) is 1. The Hall–Kier alpha value is -0.870. The van der Waals surface area contributed by atoms with E-state index in [4.69, 9.17) is 4.42 Å². The van der Waals surface area contributed by atoms with Crippen LogP contribution in [0.2, 0.25) is 0 Å². The fraction of sp³-hybridized carbons (Fsp3) is 0.385. The van der Waals surface area contributed by atoms with E-state index in [9.17, 15) is 4.39 Å². The predicted octanol–water partition coefficient (Wildman–Crippen LogP) is 3.88. The number of fused-ring (bicyclic) bond motifs is 1. The molecule has 0 bridgehead atoms. The summed E-state index contributed by atoms with van der Waals surface area (Å²) in [6.07, 6.45) is 3.53. The van der Waals surface area contributed by atoms with Crippen LogP contribution >= 0.6 is 15.9 Å². The molecule has 1 aromatic carbocycles. The maximum Gasteiger partial charge on any atom is 0.151 e. The summed E-state index contributed by atoms with van der Waals surface area (Å²) in [5.41, 5.74) is 1.51. The van der Waals surface area contributed by atoms with Crippen molar-refractivity contribution in [1.29, 1.82) is 0 Å². The van der Waals surface area contributed by atoms with Crippen LogP contribution in [0, 0.1) is 5.82 Å². The lowest BCUT2D eigenvalue weighted by atomic mass is 10.1. The van der Waals surface area contributed by atoms with Gasteiger partial charge in [0.2, 0.25) is 0 Å². The van der Waals surface area contributed by atoms with Gasteiger partial charge in [0.25, 0.3) is 0 Å². The zero-order chi connectivity index (χ0) is 12.3. The molecule has 0 aliphatic heterocycles. The molecule has 0 saturated carbocycles. The normalized spacial score (nSPS) is 11.2. The SMILES string of the molecule is CCCNCCc1coc2c(Br)ccc(F)c12. The Labute approximate surface area is 108 Å². The van der Waals surface area contributed by atoms with E-state index in [1.807, 2.05) is 0 Å². The topological polar surface area (TPSA) is 25.2 Å². The van der Waals surface area contributed by atoms with Gasteiger partial charge in [-0.3, -0.25) is 0 Å².